The summed E-state index contributed by atoms with van der Waals surface area (Å²) in [4.78, 5) is 25.1. The molecule has 1 N–H and O–H groups in total. The highest BCUT2D eigenvalue weighted by Gasteiger charge is 2.25. The maximum absolute atomic E-state index is 12.4. The number of carboxylic acids is 1. The Bertz CT molecular complexity index is 781. The molecule has 2 aromatic rings. The van der Waals surface area contributed by atoms with Gasteiger partial charge in [0.05, 0.1) is 24.9 Å². The molecule has 2 heterocycles. The molecule has 8 heteroatoms. The average molecular weight is 359 g/mol. The number of para-hydroxylation sites is 2. The molecular formula is C18H21N3O5. The van der Waals surface area contributed by atoms with Crippen LogP contribution in [0.1, 0.15) is 29.2 Å². The van der Waals surface area contributed by atoms with Gasteiger partial charge >= 0.3 is 5.97 Å². The number of hydrogen-bond acceptors (Lipinski definition) is 5. The molecule has 1 aromatic carbocycles. The fourth-order valence-electron chi connectivity index (χ4n) is 3.00. The van der Waals surface area contributed by atoms with Crippen LogP contribution >= 0.6 is 0 Å². The maximum atomic E-state index is 12.4. The van der Waals surface area contributed by atoms with Crippen molar-refractivity contribution in [1.29, 1.82) is 0 Å². The lowest BCUT2D eigenvalue weighted by atomic mass is 10.1. The monoisotopic (exact) mass is 359 g/mol. The minimum absolute atomic E-state index is 0.0457. The van der Waals surface area contributed by atoms with Crippen molar-refractivity contribution in [2.45, 2.75) is 18.9 Å². The summed E-state index contributed by atoms with van der Waals surface area (Å²) in [6, 6.07) is 7.30. The normalized spacial score (nSPS) is 14.9. The Labute approximate surface area is 150 Å². The molecule has 0 bridgehead atoms. The van der Waals surface area contributed by atoms with Crippen LogP contribution in [0.3, 0.4) is 0 Å². The van der Waals surface area contributed by atoms with Crippen LogP contribution in [0.5, 0.6) is 11.5 Å². The van der Waals surface area contributed by atoms with Crippen molar-refractivity contribution >= 4 is 11.9 Å². The molecule has 0 aliphatic carbocycles. The summed E-state index contributed by atoms with van der Waals surface area (Å²) in [7, 11) is 1.56. The first-order valence-corrected chi connectivity index (χ1v) is 8.39. The minimum atomic E-state index is -0.989. The van der Waals surface area contributed by atoms with E-state index in [2.05, 4.69) is 5.10 Å². The van der Waals surface area contributed by atoms with Crippen LogP contribution in [0.4, 0.5) is 0 Å². The first-order chi connectivity index (χ1) is 12.6. The van der Waals surface area contributed by atoms with E-state index < -0.39 is 5.97 Å². The van der Waals surface area contributed by atoms with Crippen molar-refractivity contribution in [3.05, 3.63) is 42.2 Å². The van der Waals surface area contributed by atoms with E-state index in [1.807, 2.05) is 12.1 Å². The number of ether oxygens (including phenoxy) is 2. The number of benzene rings is 1. The van der Waals surface area contributed by atoms with Gasteiger partial charge in [0, 0.05) is 19.3 Å². The Hall–Kier alpha value is -3.03. The zero-order valence-electron chi connectivity index (χ0n) is 14.5. The number of piperidine rings is 1. The second-order valence-electron chi connectivity index (χ2n) is 6.07. The summed E-state index contributed by atoms with van der Waals surface area (Å²) < 4.78 is 12.5. The van der Waals surface area contributed by atoms with Gasteiger partial charge in [0.15, 0.2) is 18.1 Å². The molecule has 1 aliphatic rings. The van der Waals surface area contributed by atoms with Gasteiger partial charge in [-0.2, -0.15) is 5.10 Å². The lowest BCUT2D eigenvalue weighted by molar-refractivity contribution is -0.134. The molecular weight excluding hydrogens is 338 g/mol. The molecule has 1 saturated heterocycles. The van der Waals surface area contributed by atoms with Gasteiger partial charge < -0.3 is 19.5 Å². The third-order valence-electron chi connectivity index (χ3n) is 4.46. The molecule has 0 atom stereocenters. The van der Waals surface area contributed by atoms with E-state index in [4.69, 9.17) is 14.6 Å². The van der Waals surface area contributed by atoms with Gasteiger partial charge in [-0.05, 0) is 25.0 Å². The summed E-state index contributed by atoms with van der Waals surface area (Å²) in [5.74, 6) is 0.0568. The van der Waals surface area contributed by atoms with Crippen LogP contribution in [0, 0.1) is 0 Å². The topological polar surface area (TPSA) is 93.9 Å². The molecule has 8 nitrogen and oxygen atoms in total. The van der Waals surface area contributed by atoms with Crippen molar-refractivity contribution < 1.29 is 24.2 Å². The van der Waals surface area contributed by atoms with Crippen LogP contribution in [0.2, 0.25) is 0 Å². The molecule has 1 fully saturated rings. The smallest absolute Gasteiger partial charge is 0.338 e. The molecule has 0 radical (unpaired) electrons. The molecule has 0 spiro atoms. The largest absolute Gasteiger partial charge is 0.493 e. The van der Waals surface area contributed by atoms with Crippen LogP contribution in [-0.4, -0.2) is 58.5 Å². The second kappa shape index (κ2) is 7.90. The lowest BCUT2D eigenvalue weighted by Crippen LogP contribution is -2.41. The summed E-state index contributed by atoms with van der Waals surface area (Å²) in [6.45, 7) is 1.12. The number of aromatic nitrogens is 2. The lowest BCUT2D eigenvalue weighted by Gasteiger charge is -2.32. The molecule has 0 saturated carbocycles. The SMILES string of the molecule is COc1ccccc1OCC(=O)N1CCC(n2cc(C(=O)O)cn2)CC1. The Morgan fingerprint density at radius 1 is 1.23 bits per heavy atom. The van der Waals surface area contributed by atoms with Crippen molar-refractivity contribution in [2.24, 2.45) is 0 Å². The van der Waals surface area contributed by atoms with Gasteiger partial charge in [0.25, 0.3) is 5.91 Å². The number of hydrogen-bond donors (Lipinski definition) is 1. The van der Waals surface area contributed by atoms with E-state index in [-0.39, 0.29) is 24.1 Å². The zero-order chi connectivity index (χ0) is 18.5. The molecule has 3 rings (SSSR count). The molecule has 1 aliphatic heterocycles. The third-order valence-corrected chi connectivity index (χ3v) is 4.46. The average Bonchev–Trinajstić information content (AvgIpc) is 3.17. The van der Waals surface area contributed by atoms with Crippen molar-refractivity contribution in [3.63, 3.8) is 0 Å². The predicted molar refractivity (Wildman–Crippen MR) is 92.5 cm³/mol. The number of methoxy groups -OCH3 is 1. The number of amides is 1. The number of carbonyl (C=O) groups is 2. The number of aromatic carboxylic acids is 1. The summed E-state index contributed by atoms with van der Waals surface area (Å²) in [6.07, 6.45) is 4.33. The first kappa shape index (κ1) is 17.8. The van der Waals surface area contributed by atoms with Gasteiger partial charge in [-0.1, -0.05) is 12.1 Å². The maximum Gasteiger partial charge on any atom is 0.338 e. The third kappa shape index (κ3) is 3.96. The van der Waals surface area contributed by atoms with E-state index in [0.717, 1.165) is 12.8 Å². The summed E-state index contributed by atoms with van der Waals surface area (Å²) in [5.41, 5.74) is 0.175. The fraction of sp³-hybridized carbons (Fsp3) is 0.389. The van der Waals surface area contributed by atoms with Crippen molar-refractivity contribution in [2.75, 3.05) is 26.8 Å². The van der Waals surface area contributed by atoms with E-state index in [1.165, 1.54) is 12.4 Å². The van der Waals surface area contributed by atoms with Crippen molar-refractivity contribution in [3.8, 4) is 11.5 Å². The fourth-order valence-corrected chi connectivity index (χ4v) is 3.00. The van der Waals surface area contributed by atoms with E-state index >= 15 is 0 Å². The second-order valence-corrected chi connectivity index (χ2v) is 6.07. The number of rotatable bonds is 6. The van der Waals surface area contributed by atoms with Crippen molar-refractivity contribution in [1.82, 2.24) is 14.7 Å². The minimum Gasteiger partial charge on any atom is -0.493 e. The highest BCUT2D eigenvalue weighted by Crippen LogP contribution is 2.26. The Morgan fingerprint density at radius 3 is 2.54 bits per heavy atom. The molecule has 26 heavy (non-hydrogen) atoms. The number of carboxylic acid groups (broad SMARTS) is 1. The first-order valence-electron chi connectivity index (χ1n) is 8.39. The van der Waals surface area contributed by atoms with Gasteiger partial charge in [-0.15, -0.1) is 0 Å². The highest BCUT2D eigenvalue weighted by molar-refractivity contribution is 5.86. The van der Waals surface area contributed by atoms with E-state index in [0.29, 0.717) is 24.6 Å². The number of likely N-dealkylation sites (tertiary alicyclic amines) is 1. The zero-order valence-corrected chi connectivity index (χ0v) is 14.5. The van der Waals surface area contributed by atoms with Crippen LogP contribution in [0.25, 0.3) is 0 Å². The summed E-state index contributed by atoms with van der Waals surface area (Å²) >= 11 is 0. The molecule has 0 unspecified atom stereocenters. The van der Waals surface area contributed by atoms with Gasteiger partial charge in [-0.3, -0.25) is 9.48 Å². The predicted octanol–water partition coefficient (Wildman–Crippen LogP) is 1.83. The van der Waals surface area contributed by atoms with E-state index in [1.54, 1.807) is 28.8 Å². The number of carbonyl (C=O) groups excluding carboxylic acids is 1. The van der Waals surface area contributed by atoms with Crippen LogP contribution in [-0.2, 0) is 4.79 Å². The molecule has 138 valence electrons. The standard InChI is InChI=1S/C18H21N3O5/c1-25-15-4-2-3-5-16(15)26-12-17(22)20-8-6-14(7-9-20)21-11-13(10-19-21)18(23)24/h2-5,10-11,14H,6-9,12H2,1H3,(H,23,24). The van der Waals surface area contributed by atoms with Crippen LogP contribution < -0.4 is 9.47 Å². The summed E-state index contributed by atoms with van der Waals surface area (Å²) in [5, 5.41) is 13.1. The van der Waals surface area contributed by atoms with Crippen LogP contribution in [0.15, 0.2) is 36.7 Å². The Kier molecular flexibility index (Phi) is 5.40. The molecule has 1 aromatic heterocycles. The van der Waals surface area contributed by atoms with Gasteiger partial charge in [-0.25, -0.2) is 4.79 Å². The Balaban J connectivity index is 1.51. The van der Waals surface area contributed by atoms with E-state index in [9.17, 15) is 9.59 Å². The molecule has 1 amide bonds. The number of nitrogens with zero attached hydrogens (tertiary/aromatic N) is 3. The quantitative estimate of drug-likeness (QED) is 0.846. The van der Waals surface area contributed by atoms with Gasteiger partial charge in [0.1, 0.15) is 0 Å². The Morgan fingerprint density at radius 2 is 1.92 bits per heavy atom. The highest BCUT2D eigenvalue weighted by atomic mass is 16.5. The van der Waals surface area contributed by atoms with Gasteiger partial charge in [0.2, 0.25) is 0 Å².